The first kappa shape index (κ1) is 20.4. The van der Waals surface area contributed by atoms with Crippen molar-refractivity contribution < 1.29 is 17.9 Å². The first-order valence-electron chi connectivity index (χ1n) is 9.01. The maximum absolute atomic E-state index is 12.4. The van der Waals surface area contributed by atoms with Gasteiger partial charge in [-0.15, -0.1) is 0 Å². The van der Waals surface area contributed by atoms with Gasteiger partial charge < -0.3 is 10.1 Å². The Balaban J connectivity index is 1.59. The fraction of sp³-hybridized carbons (Fsp3) is 0.136. The molecule has 7 heteroatoms. The number of anilines is 2. The molecule has 0 heterocycles. The van der Waals surface area contributed by atoms with E-state index in [2.05, 4.69) is 10.0 Å². The number of nitrogens with one attached hydrogen (secondary N) is 2. The summed E-state index contributed by atoms with van der Waals surface area (Å²) >= 11 is 0. The molecule has 3 rings (SSSR count). The summed E-state index contributed by atoms with van der Waals surface area (Å²) in [5.41, 5.74) is 3.08. The molecule has 0 bridgehead atoms. The molecule has 1 amide bonds. The van der Waals surface area contributed by atoms with Gasteiger partial charge in [-0.3, -0.25) is 9.52 Å². The SMILES string of the molecule is Cc1cc(C)cc(OCC(=O)Nc2ccc(S(=O)(=O)Nc3ccccc3)cc2)c1. The predicted octanol–water partition coefficient (Wildman–Crippen LogP) is 4.12. The average Bonchev–Trinajstić information content (AvgIpc) is 2.66. The van der Waals surface area contributed by atoms with E-state index in [1.807, 2.05) is 32.0 Å². The van der Waals surface area contributed by atoms with Crippen molar-refractivity contribution in [1.82, 2.24) is 0 Å². The molecule has 2 N–H and O–H groups in total. The smallest absolute Gasteiger partial charge is 0.262 e. The van der Waals surface area contributed by atoms with Crippen LogP contribution in [0, 0.1) is 13.8 Å². The number of aryl methyl sites for hydroxylation is 2. The summed E-state index contributed by atoms with van der Waals surface area (Å²) in [7, 11) is -3.70. The highest BCUT2D eigenvalue weighted by Crippen LogP contribution is 2.19. The van der Waals surface area contributed by atoms with E-state index in [1.54, 1.807) is 30.3 Å². The van der Waals surface area contributed by atoms with Gasteiger partial charge in [0.1, 0.15) is 5.75 Å². The van der Waals surface area contributed by atoms with Crippen LogP contribution >= 0.6 is 0 Å². The zero-order valence-electron chi connectivity index (χ0n) is 16.2. The van der Waals surface area contributed by atoms with Crippen molar-refractivity contribution in [3.63, 3.8) is 0 Å². The zero-order valence-corrected chi connectivity index (χ0v) is 17.0. The van der Waals surface area contributed by atoms with Gasteiger partial charge in [0.25, 0.3) is 15.9 Å². The highest BCUT2D eigenvalue weighted by atomic mass is 32.2. The summed E-state index contributed by atoms with van der Waals surface area (Å²) in [6.45, 7) is 3.78. The van der Waals surface area contributed by atoms with Crippen molar-refractivity contribution in [2.75, 3.05) is 16.6 Å². The first-order chi connectivity index (χ1) is 13.8. The van der Waals surface area contributed by atoms with Crippen LogP contribution in [0.25, 0.3) is 0 Å². The van der Waals surface area contributed by atoms with E-state index in [9.17, 15) is 13.2 Å². The lowest BCUT2D eigenvalue weighted by atomic mass is 10.1. The fourth-order valence-electron chi connectivity index (χ4n) is 2.80. The molecule has 0 aliphatic carbocycles. The third-order valence-corrected chi connectivity index (χ3v) is 5.44. The normalized spacial score (nSPS) is 11.0. The minimum atomic E-state index is -3.70. The number of para-hydroxylation sites is 1. The molecule has 0 unspecified atom stereocenters. The molecule has 0 saturated heterocycles. The van der Waals surface area contributed by atoms with Crippen molar-refractivity contribution in [2.24, 2.45) is 0 Å². The minimum absolute atomic E-state index is 0.103. The van der Waals surface area contributed by atoms with Gasteiger partial charge in [-0.2, -0.15) is 0 Å². The molecule has 0 aromatic heterocycles. The largest absolute Gasteiger partial charge is 0.484 e. The molecular weight excluding hydrogens is 388 g/mol. The van der Waals surface area contributed by atoms with Crippen molar-refractivity contribution in [3.05, 3.63) is 83.9 Å². The van der Waals surface area contributed by atoms with Crippen LogP contribution in [0.15, 0.2) is 77.7 Å². The van der Waals surface area contributed by atoms with Gasteiger partial charge in [-0.1, -0.05) is 24.3 Å². The highest BCUT2D eigenvalue weighted by molar-refractivity contribution is 7.92. The molecule has 0 spiro atoms. The number of ether oxygens (including phenoxy) is 1. The lowest BCUT2D eigenvalue weighted by Gasteiger charge is -2.10. The van der Waals surface area contributed by atoms with Crippen LogP contribution in [-0.2, 0) is 14.8 Å². The summed E-state index contributed by atoms with van der Waals surface area (Å²) in [4.78, 5) is 12.2. The topological polar surface area (TPSA) is 84.5 Å². The molecule has 0 saturated carbocycles. The predicted molar refractivity (Wildman–Crippen MR) is 114 cm³/mol. The van der Waals surface area contributed by atoms with E-state index in [-0.39, 0.29) is 17.4 Å². The van der Waals surface area contributed by atoms with Crippen LogP contribution in [0.5, 0.6) is 5.75 Å². The van der Waals surface area contributed by atoms with Crippen molar-refractivity contribution in [2.45, 2.75) is 18.7 Å². The Morgan fingerprint density at radius 2 is 1.48 bits per heavy atom. The lowest BCUT2D eigenvalue weighted by Crippen LogP contribution is -2.20. The molecule has 150 valence electrons. The quantitative estimate of drug-likeness (QED) is 0.614. The molecule has 0 radical (unpaired) electrons. The Bertz CT molecular complexity index is 1080. The summed E-state index contributed by atoms with van der Waals surface area (Å²) in [5.74, 6) is 0.299. The first-order valence-corrected chi connectivity index (χ1v) is 10.5. The van der Waals surface area contributed by atoms with E-state index >= 15 is 0 Å². The van der Waals surface area contributed by atoms with E-state index in [0.717, 1.165) is 11.1 Å². The number of carbonyl (C=O) groups excluding carboxylic acids is 1. The third kappa shape index (κ3) is 5.83. The second-order valence-corrected chi connectivity index (χ2v) is 8.34. The fourth-order valence-corrected chi connectivity index (χ4v) is 3.86. The number of hydrogen-bond donors (Lipinski definition) is 2. The Morgan fingerprint density at radius 3 is 2.10 bits per heavy atom. The van der Waals surface area contributed by atoms with Gasteiger partial charge in [0.2, 0.25) is 0 Å². The Hall–Kier alpha value is -3.32. The van der Waals surface area contributed by atoms with Crippen LogP contribution in [0.2, 0.25) is 0 Å². The average molecular weight is 410 g/mol. The number of hydrogen-bond acceptors (Lipinski definition) is 4. The number of rotatable bonds is 7. The standard InChI is InChI=1S/C22H22N2O4S/c1-16-12-17(2)14-20(13-16)28-15-22(25)23-18-8-10-21(11-9-18)29(26,27)24-19-6-4-3-5-7-19/h3-14,24H,15H2,1-2H3,(H,23,25). The van der Waals surface area contributed by atoms with E-state index in [1.165, 1.54) is 24.3 Å². The molecule has 29 heavy (non-hydrogen) atoms. The van der Waals surface area contributed by atoms with Crippen LogP contribution in [0.3, 0.4) is 0 Å². The van der Waals surface area contributed by atoms with Crippen LogP contribution in [0.4, 0.5) is 11.4 Å². The summed E-state index contributed by atoms with van der Waals surface area (Å²) in [6, 6.07) is 20.3. The molecule has 0 atom stereocenters. The molecule has 0 aliphatic rings. The van der Waals surface area contributed by atoms with Gasteiger partial charge >= 0.3 is 0 Å². The van der Waals surface area contributed by atoms with Crippen LogP contribution in [-0.4, -0.2) is 20.9 Å². The summed E-state index contributed by atoms with van der Waals surface area (Å²) in [5, 5.41) is 2.69. The van der Waals surface area contributed by atoms with E-state index < -0.39 is 10.0 Å². The number of benzene rings is 3. The highest BCUT2D eigenvalue weighted by Gasteiger charge is 2.14. The van der Waals surface area contributed by atoms with E-state index in [0.29, 0.717) is 17.1 Å². The summed E-state index contributed by atoms with van der Waals surface area (Å²) in [6.07, 6.45) is 0. The summed E-state index contributed by atoms with van der Waals surface area (Å²) < 4.78 is 32.9. The third-order valence-electron chi connectivity index (χ3n) is 4.04. The Morgan fingerprint density at radius 1 is 0.862 bits per heavy atom. The lowest BCUT2D eigenvalue weighted by molar-refractivity contribution is -0.118. The van der Waals surface area contributed by atoms with Crippen molar-refractivity contribution in [3.8, 4) is 5.75 Å². The zero-order chi connectivity index (χ0) is 20.9. The van der Waals surface area contributed by atoms with Gasteiger partial charge in [-0.05, 0) is 73.5 Å². The molecule has 0 aliphatic heterocycles. The Kier molecular flexibility index (Phi) is 6.19. The Labute approximate surface area is 170 Å². The second-order valence-electron chi connectivity index (χ2n) is 6.66. The molecule has 3 aromatic rings. The van der Waals surface area contributed by atoms with Crippen molar-refractivity contribution in [1.29, 1.82) is 0 Å². The molecule has 0 fully saturated rings. The van der Waals surface area contributed by atoms with Gasteiger partial charge in [0.15, 0.2) is 6.61 Å². The molecular formula is C22H22N2O4S. The van der Waals surface area contributed by atoms with Gasteiger partial charge in [-0.25, -0.2) is 8.42 Å². The molecule has 3 aromatic carbocycles. The van der Waals surface area contributed by atoms with Gasteiger partial charge in [0.05, 0.1) is 4.90 Å². The monoisotopic (exact) mass is 410 g/mol. The maximum Gasteiger partial charge on any atom is 0.262 e. The van der Waals surface area contributed by atoms with E-state index in [4.69, 9.17) is 4.74 Å². The number of carbonyl (C=O) groups is 1. The molecule has 6 nitrogen and oxygen atoms in total. The minimum Gasteiger partial charge on any atom is -0.484 e. The number of amides is 1. The van der Waals surface area contributed by atoms with Crippen LogP contribution < -0.4 is 14.8 Å². The van der Waals surface area contributed by atoms with Gasteiger partial charge in [0, 0.05) is 11.4 Å². The van der Waals surface area contributed by atoms with Crippen LogP contribution in [0.1, 0.15) is 11.1 Å². The number of sulfonamides is 1. The maximum atomic E-state index is 12.4. The van der Waals surface area contributed by atoms with Crippen molar-refractivity contribution >= 4 is 27.3 Å². The second kappa shape index (κ2) is 8.79.